The summed E-state index contributed by atoms with van der Waals surface area (Å²) in [5.74, 6) is -3.79. The van der Waals surface area contributed by atoms with Crippen molar-refractivity contribution in [1.82, 2.24) is 0 Å². The van der Waals surface area contributed by atoms with E-state index in [0.717, 1.165) is 12.1 Å². The molecule has 4 nitrogen and oxygen atoms in total. The van der Waals surface area contributed by atoms with Gasteiger partial charge in [0, 0.05) is 23.6 Å². The minimum atomic E-state index is -0.856. The smallest absolute Gasteiger partial charge is 0.165 e. The summed E-state index contributed by atoms with van der Waals surface area (Å²) in [4.78, 5) is 9.06. The van der Waals surface area contributed by atoms with Crippen LogP contribution < -0.4 is 0 Å². The Morgan fingerprint density at radius 1 is 0.528 bits per heavy atom. The molecule has 0 heterocycles. The van der Waals surface area contributed by atoms with Gasteiger partial charge in [0.15, 0.2) is 23.1 Å². The Bertz CT molecular complexity index is 1300. The molecule has 0 saturated heterocycles. The predicted octanol–water partition coefficient (Wildman–Crippen LogP) is 6.67. The summed E-state index contributed by atoms with van der Waals surface area (Å²) in [7, 11) is 0. The van der Waals surface area contributed by atoms with Crippen molar-refractivity contribution >= 4 is 12.4 Å². The zero-order valence-corrected chi connectivity index (χ0v) is 18.7. The topological polar surface area (TPSA) is 65.2 Å². The zero-order chi connectivity index (χ0) is 25.7. The van der Waals surface area contributed by atoms with E-state index in [1.165, 1.54) is 85.2 Å². The Kier molecular flexibility index (Phi) is 7.44. The second kappa shape index (κ2) is 10.9. The number of aromatic hydroxyl groups is 2. The van der Waals surface area contributed by atoms with Crippen molar-refractivity contribution < 1.29 is 27.8 Å². The molecule has 0 aliphatic carbocycles. The molecule has 4 aromatic rings. The van der Waals surface area contributed by atoms with Crippen LogP contribution in [0.1, 0.15) is 34.3 Å². The van der Waals surface area contributed by atoms with Crippen LogP contribution in [0.3, 0.4) is 0 Å². The average molecular weight is 492 g/mol. The van der Waals surface area contributed by atoms with Crippen LogP contribution in [0.15, 0.2) is 94.9 Å². The van der Waals surface area contributed by atoms with Crippen molar-refractivity contribution in [3.8, 4) is 11.5 Å². The zero-order valence-electron chi connectivity index (χ0n) is 18.7. The fourth-order valence-corrected chi connectivity index (χ4v) is 3.61. The highest BCUT2D eigenvalue weighted by atomic mass is 19.1. The molecule has 0 spiro atoms. The lowest BCUT2D eigenvalue weighted by molar-refractivity contribution is 0.431. The fraction of sp³-hybridized carbons (Fsp3) is 0.0714. The molecule has 182 valence electrons. The van der Waals surface area contributed by atoms with Gasteiger partial charge in [0.25, 0.3) is 0 Å². The minimum absolute atomic E-state index is 0.103. The summed E-state index contributed by atoms with van der Waals surface area (Å²) in [6, 6.07) is 17.2. The van der Waals surface area contributed by atoms with E-state index in [0.29, 0.717) is 11.1 Å². The van der Waals surface area contributed by atoms with Gasteiger partial charge in [0.05, 0.1) is 0 Å². The van der Waals surface area contributed by atoms with Crippen LogP contribution in [-0.2, 0) is 0 Å². The van der Waals surface area contributed by atoms with Crippen molar-refractivity contribution in [2.24, 2.45) is 9.98 Å². The van der Waals surface area contributed by atoms with Crippen molar-refractivity contribution in [3.05, 3.63) is 130 Å². The van der Waals surface area contributed by atoms with Crippen molar-refractivity contribution in [3.63, 3.8) is 0 Å². The first-order valence-electron chi connectivity index (χ1n) is 10.9. The highest BCUT2D eigenvalue weighted by Gasteiger charge is 2.24. The van der Waals surface area contributed by atoms with Gasteiger partial charge in [0.1, 0.15) is 23.7 Å². The Balaban J connectivity index is 1.84. The molecule has 0 radical (unpaired) electrons. The number of nitrogens with zero attached hydrogens (tertiary/aromatic N) is 2. The van der Waals surface area contributed by atoms with Gasteiger partial charge in [-0.3, -0.25) is 9.98 Å². The van der Waals surface area contributed by atoms with Gasteiger partial charge < -0.3 is 10.2 Å². The molecular formula is C28H20F4N2O2. The van der Waals surface area contributed by atoms with Gasteiger partial charge in [-0.05, 0) is 59.7 Å². The Morgan fingerprint density at radius 3 is 1.25 bits per heavy atom. The molecule has 0 aliphatic heterocycles. The van der Waals surface area contributed by atoms with E-state index in [9.17, 15) is 27.8 Å². The number of halogens is 4. The molecule has 0 aromatic heterocycles. The molecule has 2 N–H and O–H groups in total. The predicted molar refractivity (Wildman–Crippen MR) is 130 cm³/mol. The summed E-state index contributed by atoms with van der Waals surface area (Å²) in [5, 5.41) is 20.1. The van der Waals surface area contributed by atoms with Crippen LogP contribution in [0.25, 0.3) is 0 Å². The van der Waals surface area contributed by atoms with Crippen LogP contribution in [0.5, 0.6) is 11.5 Å². The molecule has 8 heteroatoms. The Hall–Kier alpha value is -4.46. The third-order valence-corrected chi connectivity index (χ3v) is 5.51. The van der Waals surface area contributed by atoms with Crippen molar-refractivity contribution in [1.29, 1.82) is 0 Å². The van der Waals surface area contributed by atoms with Crippen LogP contribution >= 0.6 is 0 Å². The summed E-state index contributed by atoms with van der Waals surface area (Å²) < 4.78 is 55.0. The number of phenols is 2. The minimum Gasteiger partial charge on any atom is -0.504 e. The number of para-hydroxylation sites is 2. The molecule has 2 unspecified atom stereocenters. The lowest BCUT2D eigenvalue weighted by Gasteiger charge is -2.22. The highest BCUT2D eigenvalue weighted by Crippen LogP contribution is 2.36. The first kappa shape index (κ1) is 24.7. The van der Waals surface area contributed by atoms with E-state index < -0.39 is 46.9 Å². The van der Waals surface area contributed by atoms with Crippen LogP contribution in [-0.4, -0.2) is 22.6 Å². The largest absolute Gasteiger partial charge is 0.504 e. The third kappa shape index (κ3) is 5.60. The van der Waals surface area contributed by atoms with Gasteiger partial charge in [0.2, 0.25) is 0 Å². The quantitative estimate of drug-likeness (QED) is 0.223. The molecule has 0 amide bonds. The first-order valence-corrected chi connectivity index (χ1v) is 10.9. The number of benzene rings is 4. The van der Waals surface area contributed by atoms with E-state index in [1.54, 1.807) is 0 Å². The number of phenolic OH excluding ortho intramolecular Hbond substituents is 2. The van der Waals surface area contributed by atoms with Gasteiger partial charge in [-0.25, -0.2) is 17.6 Å². The normalized spacial score (nSPS) is 13.3. The van der Waals surface area contributed by atoms with Crippen LogP contribution in [0.4, 0.5) is 17.6 Å². The maximum atomic E-state index is 13.8. The summed E-state index contributed by atoms with van der Waals surface area (Å²) in [5.41, 5.74) is 1.23. The van der Waals surface area contributed by atoms with E-state index in [1.807, 2.05) is 0 Å². The molecule has 36 heavy (non-hydrogen) atoms. The van der Waals surface area contributed by atoms with Gasteiger partial charge >= 0.3 is 0 Å². The van der Waals surface area contributed by atoms with Crippen LogP contribution in [0, 0.1) is 23.3 Å². The molecule has 2 atom stereocenters. The van der Waals surface area contributed by atoms with E-state index in [2.05, 4.69) is 9.98 Å². The molecule has 0 aliphatic rings. The highest BCUT2D eigenvalue weighted by molar-refractivity contribution is 5.84. The van der Waals surface area contributed by atoms with E-state index >= 15 is 0 Å². The number of hydrogen-bond acceptors (Lipinski definition) is 4. The van der Waals surface area contributed by atoms with Gasteiger partial charge in [-0.2, -0.15) is 0 Å². The van der Waals surface area contributed by atoms with Crippen LogP contribution in [0.2, 0.25) is 0 Å². The average Bonchev–Trinajstić information content (AvgIpc) is 2.87. The first-order chi connectivity index (χ1) is 17.3. The molecule has 4 aromatic carbocycles. The second-order valence-corrected chi connectivity index (χ2v) is 7.90. The molecule has 4 rings (SSSR count). The summed E-state index contributed by atoms with van der Waals surface area (Å²) >= 11 is 0. The molecule has 0 bridgehead atoms. The lowest BCUT2D eigenvalue weighted by atomic mass is 9.94. The fourth-order valence-electron chi connectivity index (χ4n) is 3.61. The Morgan fingerprint density at radius 2 is 0.889 bits per heavy atom. The maximum Gasteiger partial charge on any atom is 0.165 e. The van der Waals surface area contributed by atoms with Gasteiger partial charge in [-0.15, -0.1) is 0 Å². The van der Waals surface area contributed by atoms with Crippen molar-refractivity contribution in [2.45, 2.75) is 12.1 Å². The van der Waals surface area contributed by atoms with Crippen molar-refractivity contribution in [2.75, 3.05) is 0 Å². The number of rotatable bonds is 7. The number of hydrogen-bond donors (Lipinski definition) is 2. The number of aliphatic imine (C=N–C) groups is 2. The standard InChI is InChI=1S/C28H20F4N2O2/c29-21-11-7-17(8-12-21)25(33-15-19-3-1-5-23(31)27(19)35)26(18-9-13-22(30)14-10-18)34-16-20-4-2-6-24(32)28(20)36/h1-16,25-26,35-36H. The monoisotopic (exact) mass is 492 g/mol. The Labute approximate surface area is 204 Å². The lowest BCUT2D eigenvalue weighted by Crippen LogP contribution is -2.10. The molecular weight excluding hydrogens is 472 g/mol. The third-order valence-electron chi connectivity index (χ3n) is 5.51. The van der Waals surface area contributed by atoms with Gasteiger partial charge in [-0.1, -0.05) is 36.4 Å². The second-order valence-electron chi connectivity index (χ2n) is 7.90. The molecule has 0 saturated carbocycles. The van der Waals surface area contributed by atoms with E-state index in [-0.39, 0.29) is 11.1 Å². The SMILES string of the molecule is Oc1c(F)cccc1C=NC(c1ccc(F)cc1)C(N=Cc1cccc(F)c1O)c1ccc(F)cc1. The van der Waals surface area contributed by atoms with E-state index in [4.69, 9.17) is 0 Å². The summed E-state index contributed by atoms with van der Waals surface area (Å²) in [6.07, 6.45) is 2.52. The molecule has 0 fully saturated rings. The maximum absolute atomic E-state index is 13.8. The summed E-state index contributed by atoms with van der Waals surface area (Å²) in [6.45, 7) is 0.